The zero-order chi connectivity index (χ0) is 8.55. The number of rotatable bonds is 1. The van der Waals surface area contributed by atoms with Gasteiger partial charge in [-0.3, -0.25) is 0 Å². The van der Waals surface area contributed by atoms with Crippen LogP contribution in [0.3, 0.4) is 0 Å². The number of fused-ring (bicyclic) bond motifs is 1. The summed E-state index contributed by atoms with van der Waals surface area (Å²) < 4.78 is 11.6. The van der Waals surface area contributed by atoms with E-state index in [1.165, 1.54) is 5.56 Å². The highest BCUT2D eigenvalue weighted by Crippen LogP contribution is 2.35. The molecule has 0 aromatic heterocycles. The van der Waals surface area contributed by atoms with Crippen molar-refractivity contribution in [3.05, 3.63) is 22.2 Å². The van der Waals surface area contributed by atoms with Crippen LogP contribution in [-0.2, 0) is 6.42 Å². The quantitative estimate of drug-likeness (QED) is 0.736. The molecule has 2 rings (SSSR count). The van der Waals surface area contributed by atoms with Crippen LogP contribution >= 0.6 is 15.9 Å². The van der Waals surface area contributed by atoms with E-state index >= 15 is 0 Å². The van der Waals surface area contributed by atoms with E-state index in [0.29, 0.717) is 0 Å². The number of ether oxygens (including phenoxy) is 2. The third kappa shape index (κ3) is 1.18. The fourth-order valence-corrected chi connectivity index (χ4v) is 1.96. The topological polar surface area (TPSA) is 18.5 Å². The van der Waals surface area contributed by atoms with Gasteiger partial charge in [-0.15, -0.1) is 0 Å². The van der Waals surface area contributed by atoms with Gasteiger partial charge in [-0.1, -0.05) is 15.9 Å². The first-order chi connectivity index (χ1) is 5.81. The molecule has 0 radical (unpaired) electrons. The van der Waals surface area contributed by atoms with Crippen LogP contribution in [-0.4, -0.2) is 13.7 Å². The highest BCUT2D eigenvalue weighted by molar-refractivity contribution is 9.10. The summed E-state index contributed by atoms with van der Waals surface area (Å²) in [5, 5.41) is 0. The Morgan fingerprint density at radius 1 is 1.50 bits per heavy atom. The molecule has 12 heavy (non-hydrogen) atoms. The lowest BCUT2D eigenvalue weighted by Gasteiger charge is -2.04. The second-order valence-electron chi connectivity index (χ2n) is 2.68. The molecule has 0 amide bonds. The third-order valence-electron chi connectivity index (χ3n) is 1.97. The minimum absolute atomic E-state index is 0.779. The molecule has 1 heterocycles. The van der Waals surface area contributed by atoms with Gasteiger partial charge in [-0.05, 0) is 6.07 Å². The zero-order valence-electron chi connectivity index (χ0n) is 6.76. The molecule has 0 atom stereocenters. The lowest BCUT2D eigenvalue weighted by molar-refractivity contribution is 0.352. The number of halogens is 1. The molecule has 0 bridgehead atoms. The Morgan fingerprint density at radius 2 is 2.33 bits per heavy atom. The molecule has 1 aromatic rings. The van der Waals surface area contributed by atoms with E-state index in [1.54, 1.807) is 7.11 Å². The van der Waals surface area contributed by atoms with Gasteiger partial charge in [0.25, 0.3) is 0 Å². The fourth-order valence-electron chi connectivity index (χ4n) is 1.34. The lowest BCUT2D eigenvalue weighted by atomic mass is 10.2. The van der Waals surface area contributed by atoms with Crippen LogP contribution in [0.25, 0.3) is 0 Å². The molecule has 0 unspecified atom stereocenters. The maximum Gasteiger partial charge on any atom is 0.127 e. The van der Waals surface area contributed by atoms with Crippen LogP contribution in [0.5, 0.6) is 11.5 Å². The first-order valence-corrected chi connectivity index (χ1v) is 4.60. The Kier molecular flexibility index (Phi) is 1.97. The summed E-state index contributed by atoms with van der Waals surface area (Å²) in [5.74, 6) is 1.78. The van der Waals surface area contributed by atoms with E-state index < -0.39 is 0 Å². The zero-order valence-corrected chi connectivity index (χ0v) is 8.35. The summed E-state index contributed by atoms with van der Waals surface area (Å²) in [6.07, 6.45) is 0.986. The second kappa shape index (κ2) is 2.98. The predicted molar refractivity (Wildman–Crippen MR) is 49.9 cm³/mol. The van der Waals surface area contributed by atoms with Crippen molar-refractivity contribution in [3.63, 3.8) is 0 Å². The Hall–Kier alpha value is -0.700. The van der Waals surface area contributed by atoms with E-state index in [-0.39, 0.29) is 0 Å². The number of hydrogen-bond acceptors (Lipinski definition) is 2. The average Bonchev–Trinajstić information content (AvgIpc) is 2.52. The Labute approximate surface area is 79.6 Å². The molecule has 64 valence electrons. The fraction of sp³-hybridized carbons (Fsp3) is 0.333. The lowest BCUT2D eigenvalue weighted by Crippen LogP contribution is -1.86. The van der Waals surface area contributed by atoms with Gasteiger partial charge in [0.15, 0.2) is 0 Å². The summed E-state index contributed by atoms with van der Waals surface area (Å²) in [7, 11) is 1.66. The summed E-state index contributed by atoms with van der Waals surface area (Å²) in [6, 6.07) is 3.89. The van der Waals surface area contributed by atoms with Gasteiger partial charge >= 0.3 is 0 Å². The average molecular weight is 229 g/mol. The van der Waals surface area contributed by atoms with Crippen molar-refractivity contribution in [1.82, 2.24) is 0 Å². The number of hydrogen-bond donors (Lipinski definition) is 0. The van der Waals surface area contributed by atoms with Gasteiger partial charge in [0.1, 0.15) is 11.5 Å². The van der Waals surface area contributed by atoms with E-state index in [1.807, 2.05) is 12.1 Å². The minimum Gasteiger partial charge on any atom is -0.497 e. The van der Waals surface area contributed by atoms with Gasteiger partial charge in [0.05, 0.1) is 13.7 Å². The van der Waals surface area contributed by atoms with Crippen LogP contribution in [0.2, 0.25) is 0 Å². The molecule has 1 aromatic carbocycles. The molecule has 0 N–H and O–H groups in total. The molecule has 0 spiro atoms. The molecular weight excluding hydrogens is 220 g/mol. The van der Waals surface area contributed by atoms with Gasteiger partial charge in [-0.25, -0.2) is 0 Å². The van der Waals surface area contributed by atoms with E-state index in [2.05, 4.69) is 15.9 Å². The number of methoxy groups -OCH3 is 1. The van der Waals surface area contributed by atoms with E-state index in [0.717, 1.165) is 29.0 Å². The summed E-state index contributed by atoms with van der Waals surface area (Å²) >= 11 is 3.48. The first-order valence-electron chi connectivity index (χ1n) is 3.80. The molecular formula is C9H9BrO2. The van der Waals surface area contributed by atoms with Crippen LogP contribution in [0.1, 0.15) is 5.56 Å². The highest BCUT2D eigenvalue weighted by atomic mass is 79.9. The standard InChI is InChI=1S/C9H9BrO2/c1-11-6-4-8(10)7-2-3-12-9(7)5-6/h4-5H,2-3H2,1H3. The van der Waals surface area contributed by atoms with Crippen molar-refractivity contribution in [2.24, 2.45) is 0 Å². The van der Waals surface area contributed by atoms with Crippen molar-refractivity contribution in [2.45, 2.75) is 6.42 Å². The first kappa shape index (κ1) is 7.92. The van der Waals surface area contributed by atoms with Crippen molar-refractivity contribution >= 4 is 15.9 Å². The Bertz CT molecular complexity index is 310. The molecule has 0 saturated carbocycles. The van der Waals surface area contributed by atoms with Gasteiger partial charge in [-0.2, -0.15) is 0 Å². The smallest absolute Gasteiger partial charge is 0.127 e. The molecule has 0 aliphatic carbocycles. The Morgan fingerprint density at radius 3 is 3.08 bits per heavy atom. The summed E-state index contributed by atoms with van der Waals surface area (Å²) in [4.78, 5) is 0. The van der Waals surface area contributed by atoms with Gasteiger partial charge in [0.2, 0.25) is 0 Å². The number of benzene rings is 1. The molecule has 2 nitrogen and oxygen atoms in total. The van der Waals surface area contributed by atoms with Crippen LogP contribution in [0.15, 0.2) is 16.6 Å². The summed E-state index contributed by atoms with van der Waals surface area (Å²) in [5.41, 5.74) is 1.25. The van der Waals surface area contributed by atoms with Gasteiger partial charge in [0, 0.05) is 22.5 Å². The molecule has 0 fully saturated rings. The minimum atomic E-state index is 0.779. The van der Waals surface area contributed by atoms with Crippen LogP contribution in [0.4, 0.5) is 0 Å². The van der Waals surface area contributed by atoms with Gasteiger partial charge < -0.3 is 9.47 Å². The second-order valence-corrected chi connectivity index (χ2v) is 3.54. The van der Waals surface area contributed by atoms with E-state index in [4.69, 9.17) is 9.47 Å². The van der Waals surface area contributed by atoms with Crippen LogP contribution < -0.4 is 9.47 Å². The van der Waals surface area contributed by atoms with E-state index in [9.17, 15) is 0 Å². The van der Waals surface area contributed by atoms with Crippen molar-refractivity contribution < 1.29 is 9.47 Å². The normalized spacial score (nSPS) is 13.8. The molecule has 1 aliphatic rings. The Balaban J connectivity index is 2.51. The summed E-state index contributed by atoms with van der Waals surface area (Å²) in [6.45, 7) is 0.779. The maximum atomic E-state index is 5.41. The molecule has 0 saturated heterocycles. The predicted octanol–water partition coefficient (Wildman–Crippen LogP) is 2.39. The van der Waals surface area contributed by atoms with Crippen molar-refractivity contribution in [3.8, 4) is 11.5 Å². The van der Waals surface area contributed by atoms with Crippen molar-refractivity contribution in [1.29, 1.82) is 0 Å². The largest absolute Gasteiger partial charge is 0.497 e. The highest BCUT2D eigenvalue weighted by Gasteiger charge is 2.16. The molecule has 3 heteroatoms. The third-order valence-corrected chi connectivity index (χ3v) is 2.68. The van der Waals surface area contributed by atoms with Crippen LogP contribution in [0, 0.1) is 0 Å². The monoisotopic (exact) mass is 228 g/mol. The van der Waals surface area contributed by atoms with Crippen molar-refractivity contribution in [2.75, 3.05) is 13.7 Å². The SMILES string of the molecule is COc1cc(Br)c2c(c1)OCC2. The molecule has 1 aliphatic heterocycles. The maximum absolute atomic E-state index is 5.41.